The quantitative estimate of drug-likeness (QED) is 0.159. The summed E-state index contributed by atoms with van der Waals surface area (Å²) in [6.07, 6.45) is 0. The van der Waals surface area contributed by atoms with Crippen molar-refractivity contribution in [1.29, 1.82) is 0 Å². The molecule has 0 saturated heterocycles. The lowest BCUT2D eigenvalue weighted by Crippen LogP contribution is -2.19. The zero-order valence-electron chi connectivity index (χ0n) is 32.8. The second-order valence-corrected chi connectivity index (χ2v) is 16.7. The molecule has 8 aromatic carbocycles. The van der Waals surface area contributed by atoms with Gasteiger partial charge in [0, 0.05) is 16.8 Å². The monoisotopic (exact) mass is 711 g/mol. The molecule has 0 saturated carbocycles. The minimum absolute atomic E-state index is 0.0474. The lowest BCUT2D eigenvalue weighted by molar-refractivity contribution is 0.569. The molecule has 0 spiro atoms. The molecule has 270 valence electrons. The van der Waals surface area contributed by atoms with Crippen molar-refractivity contribution in [2.75, 3.05) is 4.90 Å². The number of nitrogens with zero attached hydrogens (tertiary/aromatic N) is 1. The van der Waals surface area contributed by atoms with E-state index < -0.39 is 0 Å². The van der Waals surface area contributed by atoms with Gasteiger partial charge < -0.3 is 4.90 Å². The van der Waals surface area contributed by atoms with Gasteiger partial charge in [-0.2, -0.15) is 0 Å². The van der Waals surface area contributed by atoms with E-state index in [1.807, 2.05) is 0 Å². The van der Waals surface area contributed by atoms with Crippen LogP contribution in [0.15, 0.2) is 188 Å². The Morgan fingerprint density at radius 1 is 0.327 bits per heavy atom. The molecule has 0 aliphatic rings. The summed E-state index contributed by atoms with van der Waals surface area (Å²) in [5.41, 5.74) is 15.6. The van der Waals surface area contributed by atoms with E-state index in [1.54, 1.807) is 0 Å². The summed E-state index contributed by atoms with van der Waals surface area (Å²) in [7, 11) is 0. The van der Waals surface area contributed by atoms with Gasteiger partial charge in [0.1, 0.15) is 0 Å². The number of rotatable bonds is 7. The Morgan fingerprint density at radius 2 is 0.745 bits per heavy atom. The third kappa shape index (κ3) is 7.23. The minimum atomic E-state index is -0.0474. The van der Waals surface area contributed by atoms with E-state index in [9.17, 15) is 0 Å². The van der Waals surface area contributed by atoms with Gasteiger partial charge in [0.25, 0.3) is 0 Å². The van der Waals surface area contributed by atoms with E-state index in [1.165, 1.54) is 66.4 Å². The van der Waals surface area contributed by atoms with E-state index in [0.717, 1.165) is 17.1 Å². The molecule has 0 heterocycles. The first-order valence-corrected chi connectivity index (χ1v) is 19.4. The molecule has 0 unspecified atom stereocenters. The van der Waals surface area contributed by atoms with Crippen LogP contribution in [0.3, 0.4) is 0 Å². The fraction of sp³-hybridized carbons (Fsp3) is 0.148. The topological polar surface area (TPSA) is 3.24 Å². The normalized spacial score (nSPS) is 11.8. The summed E-state index contributed by atoms with van der Waals surface area (Å²) in [6.45, 7) is 13.9. The van der Waals surface area contributed by atoms with Gasteiger partial charge in [-0.25, -0.2) is 0 Å². The molecule has 0 bridgehead atoms. The third-order valence-corrected chi connectivity index (χ3v) is 10.8. The SMILES string of the molecule is CC(C)(C)c1cc(N(c2ccccc2-c2ccc(-c3ccccc3)cc2)c2ccccc2-c2cccc3cccc(-c4ccccc4)c23)cc(C(C)(C)C)c1. The van der Waals surface area contributed by atoms with E-state index in [2.05, 4.69) is 234 Å². The highest BCUT2D eigenvalue weighted by Gasteiger charge is 2.26. The number of hydrogen-bond acceptors (Lipinski definition) is 1. The maximum Gasteiger partial charge on any atom is 0.0540 e. The van der Waals surface area contributed by atoms with Crippen LogP contribution < -0.4 is 4.90 Å². The van der Waals surface area contributed by atoms with Gasteiger partial charge in [0.2, 0.25) is 0 Å². The zero-order valence-corrected chi connectivity index (χ0v) is 32.8. The Hall–Kier alpha value is -6.18. The Kier molecular flexibility index (Phi) is 9.49. The van der Waals surface area contributed by atoms with Gasteiger partial charge in [0.05, 0.1) is 11.4 Å². The van der Waals surface area contributed by atoms with Gasteiger partial charge in [-0.05, 0) is 90.4 Å². The highest BCUT2D eigenvalue weighted by Crippen LogP contribution is 2.48. The predicted molar refractivity (Wildman–Crippen MR) is 238 cm³/mol. The van der Waals surface area contributed by atoms with Gasteiger partial charge in [-0.15, -0.1) is 0 Å². The van der Waals surface area contributed by atoms with E-state index in [0.29, 0.717) is 0 Å². The van der Waals surface area contributed by atoms with Crippen molar-refractivity contribution in [3.8, 4) is 44.5 Å². The van der Waals surface area contributed by atoms with Gasteiger partial charge in [-0.1, -0.05) is 205 Å². The van der Waals surface area contributed by atoms with Crippen LogP contribution in [0.4, 0.5) is 17.1 Å². The first-order valence-electron chi connectivity index (χ1n) is 19.4. The predicted octanol–water partition coefficient (Wildman–Crippen LogP) is 15.6. The molecule has 0 aliphatic carbocycles. The Labute approximate surface area is 327 Å². The van der Waals surface area contributed by atoms with Crippen molar-refractivity contribution in [3.05, 3.63) is 199 Å². The molecule has 55 heavy (non-hydrogen) atoms. The summed E-state index contributed by atoms with van der Waals surface area (Å²) >= 11 is 0. The lowest BCUT2D eigenvalue weighted by atomic mass is 9.80. The van der Waals surface area contributed by atoms with Crippen LogP contribution in [0.2, 0.25) is 0 Å². The standard InChI is InChI=1S/C54H49N/c1-53(2,3)43-35-44(54(4,5)6)37-45(36-43)55(50-29-15-13-25-46(50)41-33-31-39(32-34-41)38-19-9-7-10-20-38)51-30-16-14-26-48(51)49-28-18-24-42-23-17-27-47(52(42)49)40-21-11-8-12-22-40/h7-37H,1-6H3. The molecule has 0 aliphatic heterocycles. The lowest BCUT2D eigenvalue weighted by Gasteiger charge is -2.33. The summed E-state index contributed by atoms with van der Waals surface area (Å²) in [6, 6.07) is 69.0. The van der Waals surface area contributed by atoms with Crippen LogP contribution in [-0.4, -0.2) is 0 Å². The number of benzene rings is 8. The molecule has 0 aromatic heterocycles. The van der Waals surface area contributed by atoms with E-state index >= 15 is 0 Å². The summed E-state index contributed by atoms with van der Waals surface area (Å²) < 4.78 is 0. The van der Waals surface area contributed by atoms with Crippen LogP contribution in [0, 0.1) is 0 Å². The molecule has 0 atom stereocenters. The van der Waals surface area contributed by atoms with Crippen LogP contribution in [-0.2, 0) is 10.8 Å². The summed E-state index contributed by atoms with van der Waals surface area (Å²) in [5.74, 6) is 0. The zero-order chi connectivity index (χ0) is 38.2. The van der Waals surface area contributed by atoms with Crippen molar-refractivity contribution in [1.82, 2.24) is 0 Å². The first-order chi connectivity index (χ1) is 26.6. The summed E-state index contributed by atoms with van der Waals surface area (Å²) in [4.78, 5) is 2.52. The van der Waals surface area contributed by atoms with E-state index in [-0.39, 0.29) is 10.8 Å². The number of hydrogen-bond donors (Lipinski definition) is 0. The number of fused-ring (bicyclic) bond motifs is 1. The molecule has 8 aromatic rings. The minimum Gasteiger partial charge on any atom is -0.309 e. The molecule has 0 amide bonds. The Bertz CT molecular complexity index is 2550. The molecule has 1 nitrogen and oxygen atoms in total. The maximum absolute atomic E-state index is 2.52. The average molecular weight is 712 g/mol. The van der Waals surface area contributed by atoms with Crippen molar-refractivity contribution in [3.63, 3.8) is 0 Å². The first kappa shape index (κ1) is 35.8. The van der Waals surface area contributed by atoms with Crippen molar-refractivity contribution >= 4 is 27.8 Å². The largest absolute Gasteiger partial charge is 0.309 e. The number of anilines is 3. The van der Waals surface area contributed by atoms with Gasteiger partial charge >= 0.3 is 0 Å². The highest BCUT2D eigenvalue weighted by atomic mass is 15.1. The summed E-state index contributed by atoms with van der Waals surface area (Å²) in [5, 5.41) is 2.48. The smallest absolute Gasteiger partial charge is 0.0540 e. The van der Waals surface area contributed by atoms with Crippen LogP contribution in [0.25, 0.3) is 55.3 Å². The highest BCUT2D eigenvalue weighted by molar-refractivity contribution is 6.09. The molecular formula is C54H49N. The van der Waals surface area contributed by atoms with Crippen LogP contribution >= 0.6 is 0 Å². The number of para-hydroxylation sites is 2. The molecular weight excluding hydrogens is 663 g/mol. The van der Waals surface area contributed by atoms with E-state index in [4.69, 9.17) is 0 Å². The fourth-order valence-electron chi connectivity index (χ4n) is 7.72. The molecule has 0 fully saturated rings. The van der Waals surface area contributed by atoms with Gasteiger partial charge in [0.15, 0.2) is 0 Å². The molecule has 8 rings (SSSR count). The maximum atomic E-state index is 2.52. The second-order valence-electron chi connectivity index (χ2n) is 16.7. The molecule has 0 N–H and O–H groups in total. The Morgan fingerprint density at radius 3 is 1.33 bits per heavy atom. The Balaban J connectivity index is 1.41. The average Bonchev–Trinajstić information content (AvgIpc) is 3.21. The van der Waals surface area contributed by atoms with Crippen molar-refractivity contribution in [2.24, 2.45) is 0 Å². The third-order valence-electron chi connectivity index (χ3n) is 10.8. The van der Waals surface area contributed by atoms with Crippen molar-refractivity contribution in [2.45, 2.75) is 52.4 Å². The van der Waals surface area contributed by atoms with Gasteiger partial charge in [-0.3, -0.25) is 0 Å². The second kappa shape index (κ2) is 14.6. The molecule has 0 radical (unpaired) electrons. The van der Waals surface area contributed by atoms with Crippen LogP contribution in [0.5, 0.6) is 0 Å². The van der Waals surface area contributed by atoms with Crippen molar-refractivity contribution < 1.29 is 0 Å². The fourth-order valence-corrected chi connectivity index (χ4v) is 7.72. The van der Waals surface area contributed by atoms with Crippen LogP contribution in [0.1, 0.15) is 52.7 Å². The molecule has 1 heteroatoms.